The Balaban J connectivity index is 2.03. The highest BCUT2D eigenvalue weighted by atomic mass is 15.3. The minimum absolute atomic E-state index is 0.158. The van der Waals surface area contributed by atoms with Crippen LogP contribution in [0.1, 0.15) is 50.6 Å². The third-order valence-corrected chi connectivity index (χ3v) is 4.60. The predicted octanol–water partition coefficient (Wildman–Crippen LogP) is 3.74. The highest BCUT2D eigenvalue weighted by Gasteiger charge is 2.38. The van der Waals surface area contributed by atoms with E-state index in [0.29, 0.717) is 6.04 Å². The molecule has 0 spiro atoms. The molecule has 0 saturated heterocycles. The van der Waals surface area contributed by atoms with Gasteiger partial charge in [0.2, 0.25) is 0 Å². The SMILES string of the molecule is CC1(c2ccccc2)CCCCCC1n1cncn1. The third kappa shape index (κ3) is 2.29. The van der Waals surface area contributed by atoms with Crippen LogP contribution < -0.4 is 0 Å². The monoisotopic (exact) mass is 255 g/mol. The zero-order chi connectivity index (χ0) is 13.1. The van der Waals surface area contributed by atoms with Crippen molar-refractivity contribution in [1.82, 2.24) is 14.8 Å². The molecule has 0 N–H and O–H groups in total. The van der Waals surface area contributed by atoms with E-state index in [2.05, 4.69) is 52.0 Å². The first-order valence-corrected chi connectivity index (χ1v) is 7.20. The molecule has 2 atom stereocenters. The number of nitrogens with zero attached hydrogens (tertiary/aromatic N) is 3. The molecule has 1 saturated carbocycles. The van der Waals surface area contributed by atoms with Crippen molar-refractivity contribution in [3.8, 4) is 0 Å². The lowest BCUT2D eigenvalue weighted by Crippen LogP contribution is -2.33. The number of hydrogen-bond donors (Lipinski definition) is 0. The summed E-state index contributed by atoms with van der Waals surface area (Å²) in [6.45, 7) is 2.39. The molecule has 100 valence electrons. The molecule has 0 amide bonds. The van der Waals surface area contributed by atoms with Crippen LogP contribution in [0.2, 0.25) is 0 Å². The van der Waals surface area contributed by atoms with E-state index in [4.69, 9.17) is 0 Å². The second-order valence-electron chi connectivity index (χ2n) is 5.77. The van der Waals surface area contributed by atoms with Crippen LogP contribution in [-0.2, 0) is 5.41 Å². The molecule has 1 aromatic carbocycles. The standard InChI is InChI=1S/C16H21N3/c1-16(14-8-4-2-5-9-14)11-7-3-6-10-15(16)19-13-17-12-18-19/h2,4-5,8-9,12-13,15H,3,6-7,10-11H2,1H3. The van der Waals surface area contributed by atoms with Crippen LogP contribution in [0.3, 0.4) is 0 Å². The van der Waals surface area contributed by atoms with Crippen molar-refractivity contribution < 1.29 is 0 Å². The number of benzene rings is 1. The van der Waals surface area contributed by atoms with Crippen molar-refractivity contribution in [2.75, 3.05) is 0 Å². The maximum Gasteiger partial charge on any atom is 0.137 e. The first-order valence-electron chi connectivity index (χ1n) is 7.20. The average molecular weight is 255 g/mol. The summed E-state index contributed by atoms with van der Waals surface area (Å²) in [5, 5.41) is 4.41. The van der Waals surface area contributed by atoms with Crippen LogP contribution in [0.5, 0.6) is 0 Å². The molecule has 1 aromatic heterocycles. The van der Waals surface area contributed by atoms with Gasteiger partial charge < -0.3 is 0 Å². The average Bonchev–Trinajstić information content (AvgIpc) is 2.90. The van der Waals surface area contributed by atoms with Crippen LogP contribution >= 0.6 is 0 Å². The third-order valence-electron chi connectivity index (χ3n) is 4.60. The normalized spacial score (nSPS) is 27.9. The quantitative estimate of drug-likeness (QED) is 0.765. The second kappa shape index (κ2) is 5.16. The van der Waals surface area contributed by atoms with Gasteiger partial charge in [0.1, 0.15) is 12.7 Å². The zero-order valence-electron chi connectivity index (χ0n) is 11.5. The molecule has 3 nitrogen and oxygen atoms in total. The lowest BCUT2D eigenvalue weighted by molar-refractivity contribution is 0.253. The molecule has 1 fully saturated rings. The summed E-state index contributed by atoms with van der Waals surface area (Å²) in [6, 6.07) is 11.3. The second-order valence-corrected chi connectivity index (χ2v) is 5.77. The van der Waals surface area contributed by atoms with Crippen molar-refractivity contribution in [1.29, 1.82) is 0 Å². The summed E-state index contributed by atoms with van der Waals surface area (Å²) >= 11 is 0. The summed E-state index contributed by atoms with van der Waals surface area (Å²) in [7, 11) is 0. The minimum atomic E-state index is 0.158. The Morgan fingerprint density at radius 2 is 2.00 bits per heavy atom. The molecular weight excluding hydrogens is 234 g/mol. The van der Waals surface area contributed by atoms with Gasteiger partial charge in [-0.2, -0.15) is 5.10 Å². The Bertz CT molecular complexity index is 506. The lowest BCUT2D eigenvalue weighted by atomic mass is 9.72. The van der Waals surface area contributed by atoms with Gasteiger partial charge in [-0.15, -0.1) is 0 Å². The van der Waals surface area contributed by atoms with E-state index < -0.39 is 0 Å². The van der Waals surface area contributed by atoms with E-state index in [1.165, 1.54) is 37.7 Å². The summed E-state index contributed by atoms with van der Waals surface area (Å²) in [5.74, 6) is 0. The largest absolute Gasteiger partial charge is 0.249 e. The predicted molar refractivity (Wildman–Crippen MR) is 75.9 cm³/mol. The first kappa shape index (κ1) is 12.4. The highest BCUT2D eigenvalue weighted by Crippen LogP contribution is 2.44. The van der Waals surface area contributed by atoms with Gasteiger partial charge in [-0.1, -0.05) is 56.5 Å². The molecule has 1 aliphatic carbocycles. The van der Waals surface area contributed by atoms with Crippen LogP contribution in [0.4, 0.5) is 0 Å². The molecule has 0 bridgehead atoms. The van der Waals surface area contributed by atoms with Gasteiger partial charge in [-0.05, 0) is 18.4 Å². The molecule has 2 aromatic rings. The van der Waals surface area contributed by atoms with Crippen molar-refractivity contribution in [2.45, 2.75) is 50.5 Å². The first-order chi connectivity index (χ1) is 9.31. The fourth-order valence-electron chi connectivity index (χ4n) is 3.45. The Labute approximate surface area is 114 Å². The minimum Gasteiger partial charge on any atom is -0.249 e. The van der Waals surface area contributed by atoms with Gasteiger partial charge in [0.05, 0.1) is 6.04 Å². The number of rotatable bonds is 2. The van der Waals surface area contributed by atoms with E-state index in [0.717, 1.165) is 0 Å². The number of hydrogen-bond acceptors (Lipinski definition) is 2. The van der Waals surface area contributed by atoms with Gasteiger partial charge in [0, 0.05) is 5.41 Å². The molecule has 2 unspecified atom stereocenters. The van der Waals surface area contributed by atoms with Gasteiger partial charge in [-0.3, -0.25) is 0 Å². The van der Waals surface area contributed by atoms with Crippen molar-refractivity contribution in [3.05, 3.63) is 48.5 Å². The summed E-state index contributed by atoms with van der Waals surface area (Å²) < 4.78 is 2.07. The van der Waals surface area contributed by atoms with Gasteiger partial charge in [0.15, 0.2) is 0 Å². The van der Waals surface area contributed by atoms with Crippen LogP contribution in [0, 0.1) is 0 Å². The van der Waals surface area contributed by atoms with Crippen LogP contribution in [0.25, 0.3) is 0 Å². The molecule has 0 radical (unpaired) electrons. The molecule has 0 aliphatic heterocycles. The molecule has 3 rings (SSSR count). The van der Waals surface area contributed by atoms with Crippen LogP contribution in [0.15, 0.2) is 43.0 Å². The molecule has 19 heavy (non-hydrogen) atoms. The fourth-order valence-corrected chi connectivity index (χ4v) is 3.45. The van der Waals surface area contributed by atoms with Gasteiger partial charge >= 0.3 is 0 Å². The summed E-state index contributed by atoms with van der Waals surface area (Å²) in [5.41, 5.74) is 1.59. The van der Waals surface area contributed by atoms with Gasteiger partial charge in [-0.25, -0.2) is 9.67 Å². The van der Waals surface area contributed by atoms with Crippen LogP contribution in [-0.4, -0.2) is 14.8 Å². The Kier molecular flexibility index (Phi) is 3.36. The summed E-state index contributed by atoms with van der Waals surface area (Å²) in [4.78, 5) is 4.14. The number of aromatic nitrogens is 3. The Hall–Kier alpha value is -1.64. The Morgan fingerprint density at radius 1 is 1.16 bits per heavy atom. The smallest absolute Gasteiger partial charge is 0.137 e. The Morgan fingerprint density at radius 3 is 2.74 bits per heavy atom. The van der Waals surface area contributed by atoms with E-state index in [9.17, 15) is 0 Å². The van der Waals surface area contributed by atoms with Crippen molar-refractivity contribution in [3.63, 3.8) is 0 Å². The van der Waals surface area contributed by atoms with Crippen molar-refractivity contribution in [2.24, 2.45) is 0 Å². The maximum atomic E-state index is 4.41. The zero-order valence-corrected chi connectivity index (χ0v) is 11.5. The summed E-state index contributed by atoms with van der Waals surface area (Å²) in [6.07, 6.45) is 9.85. The molecular formula is C16H21N3. The molecule has 1 heterocycles. The lowest BCUT2D eigenvalue weighted by Gasteiger charge is -2.37. The molecule has 3 heteroatoms. The fraction of sp³-hybridized carbons (Fsp3) is 0.500. The van der Waals surface area contributed by atoms with Gasteiger partial charge in [0.25, 0.3) is 0 Å². The van der Waals surface area contributed by atoms with E-state index in [-0.39, 0.29) is 5.41 Å². The topological polar surface area (TPSA) is 30.7 Å². The van der Waals surface area contributed by atoms with Crippen molar-refractivity contribution >= 4 is 0 Å². The van der Waals surface area contributed by atoms with E-state index in [1.54, 1.807) is 6.33 Å². The molecule has 1 aliphatic rings. The van der Waals surface area contributed by atoms with E-state index >= 15 is 0 Å². The highest BCUT2D eigenvalue weighted by molar-refractivity contribution is 5.26. The van der Waals surface area contributed by atoms with E-state index in [1.807, 2.05) is 6.33 Å². The maximum absolute atomic E-state index is 4.41.